The Hall–Kier alpha value is -1.30. The average molecular weight is 439 g/mol. The van der Waals surface area contributed by atoms with E-state index in [4.69, 9.17) is 23.8 Å². The molecule has 2 aromatic carbocycles. The van der Waals surface area contributed by atoms with Crippen molar-refractivity contribution >= 4 is 56.2 Å². The van der Waals surface area contributed by atoms with Gasteiger partial charge >= 0.3 is 0 Å². The number of para-hydroxylation sites is 1. The summed E-state index contributed by atoms with van der Waals surface area (Å²) in [5, 5.41) is 7.71. The third-order valence-electron chi connectivity index (χ3n) is 4.39. The first-order valence-electron chi connectivity index (χ1n) is 8.39. The zero-order valence-corrected chi connectivity index (χ0v) is 17.2. The molecular weight excluding hydrogens is 418 g/mol. The van der Waals surface area contributed by atoms with Crippen molar-refractivity contribution in [3.05, 3.63) is 57.5 Å². The molecule has 0 bridgehead atoms. The summed E-state index contributed by atoms with van der Waals surface area (Å²) < 4.78 is 0.874. The molecule has 0 aromatic heterocycles. The van der Waals surface area contributed by atoms with Crippen LogP contribution < -0.4 is 15.5 Å². The van der Waals surface area contributed by atoms with Gasteiger partial charge in [-0.25, -0.2) is 0 Å². The first-order chi connectivity index (χ1) is 12.0. The Balaban J connectivity index is 1.44. The maximum absolute atomic E-state index is 6.10. The number of halogens is 2. The lowest BCUT2D eigenvalue weighted by Crippen LogP contribution is -2.34. The quantitative estimate of drug-likeness (QED) is 0.494. The minimum absolute atomic E-state index is 0.562. The molecule has 0 spiro atoms. The first-order valence-corrected chi connectivity index (χ1v) is 9.97. The highest BCUT2D eigenvalue weighted by molar-refractivity contribution is 9.10. The second-order valence-electron chi connectivity index (χ2n) is 6.24. The number of nitrogens with one attached hydrogen (secondary N) is 2. The summed E-state index contributed by atoms with van der Waals surface area (Å²) in [4.78, 5) is 2.49. The van der Waals surface area contributed by atoms with Crippen molar-refractivity contribution in [1.29, 1.82) is 0 Å². The van der Waals surface area contributed by atoms with E-state index in [0.29, 0.717) is 16.2 Å². The lowest BCUT2D eigenvalue weighted by atomic mass is 10.1. The maximum Gasteiger partial charge on any atom is 0.170 e. The molecule has 0 amide bonds. The SMILES string of the molecule is C[C@H]1Cc2ccccc2N1CCCNC(=S)Nc1ccc(Br)c(Cl)c1. The monoisotopic (exact) mass is 437 g/mol. The third-order valence-corrected chi connectivity index (χ3v) is 5.87. The number of nitrogens with zero attached hydrogens (tertiary/aromatic N) is 1. The van der Waals surface area contributed by atoms with Crippen LogP contribution in [0.5, 0.6) is 0 Å². The number of anilines is 2. The van der Waals surface area contributed by atoms with E-state index in [-0.39, 0.29) is 0 Å². The zero-order chi connectivity index (χ0) is 17.8. The number of hydrogen-bond acceptors (Lipinski definition) is 2. The first kappa shape index (κ1) is 18.5. The molecule has 0 radical (unpaired) electrons. The van der Waals surface area contributed by atoms with Crippen LogP contribution in [-0.4, -0.2) is 24.2 Å². The zero-order valence-electron chi connectivity index (χ0n) is 14.1. The third kappa shape index (κ3) is 4.66. The summed E-state index contributed by atoms with van der Waals surface area (Å²) in [6, 6.07) is 14.9. The van der Waals surface area contributed by atoms with Gasteiger partial charge in [-0.05, 0) is 77.7 Å². The van der Waals surface area contributed by atoms with Crippen molar-refractivity contribution in [1.82, 2.24) is 5.32 Å². The molecule has 1 aliphatic rings. The summed E-state index contributed by atoms with van der Waals surface area (Å²) in [5.41, 5.74) is 3.71. The van der Waals surface area contributed by atoms with Crippen molar-refractivity contribution in [3.8, 4) is 0 Å². The smallest absolute Gasteiger partial charge is 0.170 e. The van der Waals surface area contributed by atoms with E-state index in [1.54, 1.807) is 0 Å². The normalized spacial score (nSPS) is 15.8. The summed E-state index contributed by atoms with van der Waals surface area (Å²) in [5.74, 6) is 0. The van der Waals surface area contributed by atoms with E-state index >= 15 is 0 Å². The van der Waals surface area contributed by atoms with Crippen LogP contribution in [0.2, 0.25) is 5.02 Å². The molecule has 6 heteroatoms. The lowest BCUT2D eigenvalue weighted by molar-refractivity contribution is 0.641. The van der Waals surface area contributed by atoms with Gasteiger partial charge in [-0.1, -0.05) is 29.8 Å². The molecule has 0 saturated heterocycles. The largest absolute Gasteiger partial charge is 0.368 e. The molecule has 3 rings (SSSR count). The fourth-order valence-corrected chi connectivity index (χ4v) is 3.82. The fraction of sp³-hybridized carbons (Fsp3) is 0.316. The molecule has 1 heterocycles. The van der Waals surface area contributed by atoms with E-state index in [2.05, 4.69) is 62.7 Å². The van der Waals surface area contributed by atoms with Gasteiger partial charge in [0.05, 0.1) is 5.02 Å². The minimum Gasteiger partial charge on any atom is -0.368 e. The summed E-state index contributed by atoms with van der Waals surface area (Å²) >= 11 is 14.8. The van der Waals surface area contributed by atoms with E-state index < -0.39 is 0 Å². The van der Waals surface area contributed by atoms with Crippen molar-refractivity contribution in [2.75, 3.05) is 23.3 Å². The summed E-state index contributed by atoms with van der Waals surface area (Å²) in [6.45, 7) is 4.15. The summed E-state index contributed by atoms with van der Waals surface area (Å²) in [6.07, 6.45) is 2.16. The lowest BCUT2D eigenvalue weighted by Gasteiger charge is -2.25. The Kier molecular flexibility index (Phi) is 6.20. The number of benzene rings is 2. The Bertz CT molecular complexity index is 768. The van der Waals surface area contributed by atoms with Gasteiger partial charge in [0.25, 0.3) is 0 Å². The molecule has 0 fully saturated rings. The van der Waals surface area contributed by atoms with E-state index in [9.17, 15) is 0 Å². The Morgan fingerprint density at radius 3 is 2.92 bits per heavy atom. The molecule has 0 aliphatic carbocycles. The van der Waals surface area contributed by atoms with Crippen LogP contribution in [0.25, 0.3) is 0 Å². The van der Waals surface area contributed by atoms with Gasteiger partial charge in [-0.3, -0.25) is 0 Å². The molecule has 2 N–H and O–H groups in total. The molecule has 2 aromatic rings. The van der Waals surface area contributed by atoms with Gasteiger partial charge in [0.1, 0.15) is 0 Å². The van der Waals surface area contributed by atoms with Crippen LogP contribution in [-0.2, 0) is 6.42 Å². The van der Waals surface area contributed by atoms with E-state index in [0.717, 1.165) is 36.1 Å². The van der Waals surface area contributed by atoms with Crippen LogP contribution in [0.3, 0.4) is 0 Å². The average Bonchev–Trinajstić information content (AvgIpc) is 2.90. The highest BCUT2D eigenvalue weighted by Crippen LogP contribution is 2.31. The van der Waals surface area contributed by atoms with Gasteiger partial charge in [0.2, 0.25) is 0 Å². The molecule has 3 nitrogen and oxygen atoms in total. The van der Waals surface area contributed by atoms with Crippen molar-refractivity contribution in [2.24, 2.45) is 0 Å². The van der Waals surface area contributed by atoms with Crippen molar-refractivity contribution in [3.63, 3.8) is 0 Å². The van der Waals surface area contributed by atoms with Crippen LogP contribution in [0.15, 0.2) is 46.9 Å². The topological polar surface area (TPSA) is 27.3 Å². The molecule has 132 valence electrons. The Morgan fingerprint density at radius 2 is 2.12 bits per heavy atom. The van der Waals surface area contributed by atoms with Crippen LogP contribution in [0, 0.1) is 0 Å². The molecule has 1 aliphatic heterocycles. The molecule has 0 unspecified atom stereocenters. The Labute approximate surface area is 167 Å². The van der Waals surface area contributed by atoms with Crippen LogP contribution in [0.1, 0.15) is 18.9 Å². The number of fused-ring (bicyclic) bond motifs is 1. The second-order valence-corrected chi connectivity index (χ2v) is 7.91. The number of hydrogen-bond donors (Lipinski definition) is 2. The predicted molar refractivity (Wildman–Crippen MR) is 115 cm³/mol. The maximum atomic E-state index is 6.10. The van der Waals surface area contributed by atoms with Crippen molar-refractivity contribution in [2.45, 2.75) is 25.8 Å². The molecule has 1 atom stereocenters. The molecular formula is C19H21BrClN3S. The highest BCUT2D eigenvalue weighted by Gasteiger charge is 2.24. The van der Waals surface area contributed by atoms with Gasteiger partial charge < -0.3 is 15.5 Å². The van der Waals surface area contributed by atoms with E-state index in [1.165, 1.54) is 11.3 Å². The number of rotatable bonds is 5. The van der Waals surface area contributed by atoms with Crippen molar-refractivity contribution < 1.29 is 0 Å². The predicted octanol–water partition coefficient (Wildman–Crippen LogP) is 5.23. The van der Waals surface area contributed by atoms with E-state index in [1.807, 2.05) is 18.2 Å². The second kappa shape index (κ2) is 8.39. The minimum atomic E-state index is 0.562. The standard InChI is InChI=1S/C19H21BrClN3S/c1-13-11-14-5-2-3-6-18(14)24(13)10-4-9-22-19(25)23-15-7-8-16(20)17(21)12-15/h2-3,5-8,12-13H,4,9-11H2,1H3,(H2,22,23,25)/t13-/m0/s1. The van der Waals surface area contributed by atoms with Crippen LogP contribution in [0.4, 0.5) is 11.4 Å². The fourth-order valence-electron chi connectivity index (χ4n) is 3.17. The van der Waals surface area contributed by atoms with Gasteiger partial charge in [-0.2, -0.15) is 0 Å². The number of thiocarbonyl (C=S) groups is 1. The highest BCUT2D eigenvalue weighted by atomic mass is 79.9. The molecule has 0 saturated carbocycles. The van der Waals surface area contributed by atoms with Crippen LogP contribution >= 0.6 is 39.7 Å². The molecule has 25 heavy (non-hydrogen) atoms. The summed E-state index contributed by atoms with van der Waals surface area (Å²) in [7, 11) is 0. The Morgan fingerprint density at radius 1 is 1.32 bits per heavy atom. The van der Waals surface area contributed by atoms with Gasteiger partial charge in [0.15, 0.2) is 5.11 Å². The van der Waals surface area contributed by atoms with Gasteiger partial charge in [-0.15, -0.1) is 0 Å². The van der Waals surface area contributed by atoms with Gasteiger partial charge in [0, 0.05) is 35.0 Å².